The van der Waals surface area contributed by atoms with Crippen molar-refractivity contribution in [1.82, 2.24) is 10.3 Å². The minimum Gasteiger partial charge on any atom is -0.497 e. The molecule has 0 unspecified atom stereocenters. The summed E-state index contributed by atoms with van der Waals surface area (Å²) in [7, 11) is 1.54. The first-order chi connectivity index (χ1) is 10.5. The number of hydrogen-bond donors (Lipinski definition) is 2. The van der Waals surface area contributed by atoms with Gasteiger partial charge in [0.25, 0.3) is 5.91 Å². The highest BCUT2D eigenvalue weighted by Crippen LogP contribution is 2.23. The highest BCUT2D eigenvalue weighted by Gasteiger charge is 2.21. The van der Waals surface area contributed by atoms with Crippen molar-refractivity contribution in [1.29, 1.82) is 0 Å². The zero-order valence-electron chi connectivity index (χ0n) is 12.9. The van der Waals surface area contributed by atoms with Crippen LogP contribution in [0.25, 0.3) is 0 Å². The number of ether oxygens (including phenoxy) is 1. The van der Waals surface area contributed by atoms with Gasteiger partial charge in [-0.3, -0.25) is 4.79 Å². The van der Waals surface area contributed by atoms with Crippen LogP contribution in [0.15, 0.2) is 30.5 Å². The molecule has 22 heavy (non-hydrogen) atoms. The molecule has 1 heterocycles. The number of aliphatic hydroxyl groups is 1. The minimum absolute atomic E-state index is 0.238. The van der Waals surface area contributed by atoms with Crippen LogP contribution < -0.4 is 10.1 Å². The molecule has 5 nitrogen and oxygen atoms in total. The zero-order valence-corrected chi connectivity index (χ0v) is 13.7. The predicted molar refractivity (Wildman–Crippen MR) is 86.0 cm³/mol. The van der Waals surface area contributed by atoms with Gasteiger partial charge in [0.15, 0.2) is 6.10 Å². The van der Waals surface area contributed by atoms with Gasteiger partial charge in [-0.05, 0) is 31.0 Å². The summed E-state index contributed by atoms with van der Waals surface area (Å²) >= 11 is 1.57. The Hall–Kier alpha value is -1.92. The van der Waals surface area contributed by atoms with Crippen LogP contribution in [-0.2, 0) is 11.2 Å². The number of aliphatic hydroxyl groups excluding tert-OH is 1. The molecule has 2 atom stereocenters. The third-order valence-corrected chi connectivity index (χ3v) is 4.63. The topological polar surface area (TPSA) is 71.5 Å². The Morgan fingerprint density at radius 1 is 1.50 bits per heavy atom. The summed E-state index contributed by atoms with van der Waals surface area (Å²) in [5, 5.41) is 13.8. The maximum Gasteiger partial charge on any atom is 0.254 e. The summed E-state index contributed by atoms with van der Waals surface area (Å²) in [5.74, 6) is 0.152. The molecule has 2 N–H and O–H groups in total. The molecule has 0 bridgehead atoms. The molecule has 118 valence electrons. The van der Waals surface area contributed by atoms with Crippen LogP contribution in [0.4, 0.5) is 0 Å². The quantitative estimate of drug-likeness (QED) is 0.858. The first-order valence-electron chi connectivity index (χ1n) is 7.12. The monoisotopic (exact) mass is 320 g/mol. The Morgan fingerprint density at radius 2 is 2.27 bits per heavy atom. The average molecular weight is 320 g/mol. The van der Waals surface area contributed by atoms with E-state index in [2.05, 4.69) is 17.2 Å². The van der Waals surface area contributed by atoms with E-state index in [0.717, 1.165) is 11.4 Å². The van der Waals surface area contributed by atoms with Crippen molar-refractivity contribution >= 4 is 17.2 Å². The lowest BCUT2D eigenvalue weighted by Gasteiger charge is -2.16. The van der Waals surface area contributed by atoms with Gasteiger partial charge < -0.3 is 15.2 Å². The highest BCUT2D eigenvalue weighted by molar-refractivity contribution is 7.11. The van der Waals surface area contributed by atoms with Crippen molar-refractivity contribution in [3.63, 3.8) is 0 Å². The number of thiazole rings is 1. The number of aryl methyl sites for hydroxylation is 1. The van der Waals surface area contributed by atoms with Crippen LogP contribution in [0.5, 0.6) is 5.75 Å². The number of rotatable bonds is 6. The lowest BCUT2D eigenvalue weighted by atomic mass is 10.1. The lowest BCUT2D eigenvalue weighted by Crippen LogP contribution is -2.31. The van der Waals surface area contributed by atoms with Gasteiger partial charge in [0.2, 0.25) is 0 Å². The van der Waals surface area contributed by atoms with Gasteiger partial charge in [-0.25, -0.2) is 4.98 Å². The predicted octanol–water partition coefficient (Wildman–Crippen LogP) is 2.62. The van der Waals surface area contributed by atoms with E-state index in [4.69, 9.17) is 4.74 Å². The van der Waals surface area contributed by atoms with Crippen LogP contribution in [0.2, 0.25) is 0 Å². The number of carbonyl (C=O) groups excluding carboxylic acids is 1. The summed E-state index contributed by atoms with van der Waals surface area (Å²) in [6.07, 6.45) is 1.51. The Balaban J connectivity index is 2.04. The molecule has 1 aromatic carbocycles. The summed E-state index contributed by atoms with van der Waals surface area (Å²) in [6, 6.07) is 6.60. The van der Waals surface area contributed by atoms with E-state index in [-0.39, 0.29) is 6.04 Å². The fourth-order valence-corrected chi connectivity index (χ4v) is 2.86. The molecule has 0 aliphatic heterocycles. The molecular formula is C16H20N2O3S. The van der Waals surface area contributed by atoms with Crippen LogP contribution in [0.1, 0.15) is 41.4 Å². The van der Waals surface area contributed by atoms with Gasteiger partial charge in [0, 0.05) is 11.1 Å². The molecular weight excluding hydrogens is 300 g/mol. The molecule has 6 heteroatoms. The Kier molecular flexibility index (Phi) is 5.51. The number of hydrogen-bond acceptors (Lipinski definition) is 5. The van der Waals surface area contributed by atoms with E-state index in [0.29, 0.717) is 11.3 Å². The van der Waals surface area contributed by atoms with Crippen LogP contribution in [-0.4, -0.2) is 23.1 Å². The van der Waals surface area contributed by atoms with E-state index < -0.39 is 12.0 Å². The minimum atomic E-state index is -1.23. The highest BCUT2D eigenvalue weighted by atomic mass is 32.1. The second kappa shape index (κ2) is 7.38. The van der Waals surface area contributed by atoms with Crippen molar-refractivity contribution in [2.45, 2.75) is 32.4 Å². The Morgan fingerprint density at radius 3 is 2.91 bits per heavy atom. The smallest absolute Gasteiger partial charge is 0.254 e. The van der Waals surface area contributed by atoms with Gasteiger partial charge in [0.1, 0.15) is 10.8 Å². The van der Waals surface area contributed by atoms with Gasteiger partial charge in [-0.15, -0.1) is 11.3 Å². The summed E-state index contributed by atoms with van der Waals surface area (Å²) in [4.78, 5) is 17.7. The number of nitrogens with one attached hydrogen (secondary N) is 1. The standard InChI is InChI=1S/C16H20N2O3S/c1-4-13-9-17-16(22-13)10(2)18-15(20)14(19)11-6-5-7-12(8-11)21-3/h5-10,14,19H,4H2,1-3H3,(H,18,20)/t10-,14-/m1/s1. The fraction of sp³-hybridized carbons (Fsp3) is 0.375. The van der Waals surface area contributed by atoms with Crippen molar-refractivity contribution in [3.05, 3.63) is 45.9 Å². The molecule has 2 aromatic rings. The number of methoxy groups -OCH3 is 1. The van der Waals surface area contributed by atoms with Gasteiger partial charge >= 0.3 is 0 Å². The van der Waals surface area contributed by atoms with Gasteiger partial charge in [-0.1, -0.05) is 19.1 Å². The van der Waals surface area contributed by atoms with Crippen molar-refractivity contribution in [3.8, 4) is 5.75 Å². The number of carbonyl (C=O) groups is 1. The molecule has 2 rings (SSSR count). The zero-order chi connectivity index (χ0) is 16.1. The van der Waals surface area contributed by atoms with E-state index in [1.807, 2.05) is 13.1 Å². The van der Waals surface area contributed by atoms with Crippen LogP contribution >= 0.6 is 11.3 Å². The summed E-state index contributed by atoms with van der Waals surface area (Å²) < 4.78 is 5.10. The molecule has 1 aromatic heterocycles. The van der Waals surface area contributed by atoms with Crippen LogP contribution in [0, 0.1) is 0 Å². The normalized spacial score (nSPS) is 13.5. The molecule has 0 aliphatic rings. The first kappa shape index (κ1) is 16.5. The van der Waals surface area contributed by atoms with E-state index in [1.165, 1.54) is 4.88 Å². The number of nitrogens with zero attached hydrogens (tertiary/aromatic N) is 1. The molecule has 0 saturated heterocycles. The lowest BCUT2D eigenvalue weighted by molar-refractivity contribution is -0.130. The van der Waals surface area contributed by atoms with Gasteiger partial charge in [-0.2, -0.15) is 0 Å². The second-order valence-corrected chi connectivity index (χ2v) is 6.07. The number of aromatic nitrogens is 1. The Bertz CT molecular complexity index is 642. The third kappa shape index (κ3) is 3.84. The molecule has 1 amide bonds. The van der Waals surface area contributed by atoms with Crippen molar-refractivity contribution in [2.24, 2.45) is 0 Å². The largest absolute Gasteiger partial charge is 0.497 e. The van der Waals surface area contributed by atoms with Crippen LogP contribution in [0.3, 0.4) is 0 Å². The third-order valence-electron chi connectivity index (χ3n) is 3.31. The molecule has 0 spiro atoms. The molecule has 0 radical (unpaired) electrons. The number of amides is 1. The van der Waals surface area contributed by atoms with Crippen molar-refractivity contribution in [2.75, 3.05) is 7.11 Å². The maximum atomic E-state index is 12.2. The first-order valence-corrected chi connectivity index (χ1v) is 7.93. The fourth-order valence-electron chi connectivity index (χ4n) is 2.00. The van der Waals surface area contributed by atoms with E-state index in [1.54, 1.807) is 42.7 Å². The molecule has 0 aliphatic carbocycles. The van der Waals surface area contributed by atoms with E-state index in [9.17, 15) is 9.90 Å². The SMILES string of the molecule is CCc1cnc([C@@H](C)NC(=O)[C@H](O)c2cccc(OC)c2)s1. The Labute approximate surface area is 134 Å². The summed E-state index contributed by atoms with van der Waals surface area (Å²) in [5.41, 5.74) is 0.498. The van der Waals surface area contributed by atoms with Gasteiger partial charge in [0.05, 0.1) is 13.2 Å². The van der Waals surface area contributed by atoms with E-state index >= 15 is 0 Å². The van der Waals surface area contributed by atoms with Crippen molar-refractivity contribution < 1.29 is 14.6 Å². The molecule has 0 saturated carbocycles. The second-order valence-electron chi connectivity index (χ2n) is 4.93. The molecule has 0 fully saturated rings. The maximum absolute atomic E-state index is 12.2. The average Bonchev–Trinajstić information content (AvgIpc) is 3.03. The number of benzene rings is 1. The summed E-state index contributed by atoms with van der Waals surface area (Å²) in [6.45, 7) is 3.92.